The van der Waals surface area contributed by atoms with Crippen molar-refractivity contribution < 1.29 is 4.39 Å². The quantitative estimate of drug-likeness (QED) is 0.394. The van der Waals surface area contributed by atoms with Gasteiger partial charge in [-0.1, -0.05) is 0 Å². The van der Waals surface area contributed by atoms with E-state index >= 15 is 0 Å². The van der Waals surface area contributed by atoms with Gasteiger partial charge in [0.2, 0.25) is 0 Å². The van der Waals surface area contributed by atoms with Crippen LogP contribution in [0, 0.1) is 6.92 Å². The van der Waals surface area contributed by atoms with Crippen LogP contribution in [0.1, 0.15) is 6.92 Å². The summed E-state index contributed by atoms with van der Waals surface area (Å²) in [5.74, 6) is 0. The number of rotatable bonds is 0. The standard InChI is InChI=1S/C3H6F/c1-3(2)4/h3H,1H2,2H3. The van der Waals surface area contributed by atoms with Gasteiger partial charge in [0.05, 0.1) is 6.17 Å². The van der Waals surface area contributed by atoms with Crippen LogP contribution in [0.15, 0.2) is 0 Å². The van der Waals surface area contributed by atoms with Crippen molar-refractivity contribution in [3.8, 4) is 0 Å². The summed E-state index contributed by atoms with van der Waals surface area (Å²) < 4.78 is 10.9. The van der Waals surface area contributed by atoms with Crippen LogP contribution in [0.4, 0.5) is 4.39 Å². The van der Waals surface area contributed by atoms with Gasteiger partial charge in [-0.25, -0.2) is 4.39 Å². The van der Waals surface area contributed by atoms with Crippen molar-refractivity contribution >= 4 is 0 Å². The highest BCUT2D eigenvalue weighted by molar-refractivity contribution is 4.41. The largest absolute Gasteiger partial charge is 0.248 e. The summed E-state index contributed by atoms with van der Waals surface area (Å²) in [7, 11) is 0. The zero-order valence-corrected chi connectivity index (χ0v) is 2.66. The summed E-state index contributed by atoms with van der Waals surface area (Å²) in [5.41, 5.74) is 0. The molecule has 0 bridgehead atoms. The van der Waals surface area contributed by atoms with Gasteiger partial charge in [-0.3, -0.25) is 0 Å². The second-order valence-electron chi connectivity index (χ2n) is 0.781. The van der Waals surface area contributed by atoms with Crippen LogP contribution in [-0.2, 0) is 0 Å². The Kier molecular flexibility index (Phi) is 1.25. The molecule has 0 aromatic carbocycles. The zero-order chi connectivity index (χ0) is 3.58. The van der Waals surface area contributed by atoms with E-state index in [-0.39, 0.29) is 0 Å². The highest BCUT2D eigenvalue weighted by Crippen LogP contribution is 1.76. The molecule has 0 heterocycles. The van der Waals surface area contributed by atoms with Crippen LogP contribution in [0.2, 0.25) is 0 Å². The first-order valence-electron chi connectivity index (χ1n) is 1.20. The Morgan fingerprint density at radius 2 is 2.00 bits per heavy atom. The van der Waals surface area contributed by atoms with Gasteiger partial charge in [-0.05, 0) is 13.8 Å². The summed E-state index contributed by atoms with van der Waals surface area (Å²) in [6, 6.07) is 0. The molecule has 0 N–H and O–H groups in total. The summed E-state index contributed by atoms with van der Waals surface area (Å²) in [6.45, 7) is 4.36. The van der Waals surface area contributed by atoms with E-state index in [4.69, 9.17) is 0 Å². The lowest BCUT2D eigenvalue weighted by molar-refractivity contribution is 0.427. The lowest BCUT2D eigenvalue weighted by atomic mass is 10.5. The predicted octanol–water partition coefficient (Wildman–Crippen LogP) is 1.18. The van der Waals surface area contributed by atoms with E-state index in [1.807, 2.05) is 0 Å². The molecule has 1 atom stereocenters. The van der Waals surface area contributed by atoms with Crippen molar-refractivity contribution in [2.75, 3.05) is 0 Å². The fraction of sp³-hybridized carbons (Fsp3) is 0.667. The maximum absolute atomic E-state index is 10.9. The van der Waals surface area contributed by atoms with E-state index < -0.39 is 6.17 Å². The van der Waals surface area contributed by atoms with Crippen LogP contribution >= 0.6 is 0 Å². The van der Waals surface area contributed by atoms with Crippen molar-refractivity contribution in [3.05, 3.63) is 6.92 Å². The molecule has 0 spiro atoms. The SMILES string of the molecule is [CH2]C(C)F. The van der Waals surface area contributed by atoms with Crippen molar-refractivity contribution in [3.63, 3.8) is 0 Å². The maximum Gasteiger partial charge on any atom is 0.0974 e. The van der Waals surface area contributed by atoms with Crippen LogP contribution in [0.5, 0.6) is 0 Å². The minimum atomic E-state index is -0.917. The molecule has 25 valence electrons. The summed E-state index contributed by atoms with van der Waals surface area (Å²) in [6.07, 6.45) is -0.917. The van der Waals surface area contributed by atoms with Gasteiger partial charge >= 0.3 is 0 Å². The van der Waals surface area contributed by atoms with Crippen molar-refractivity contribution in [2.24, 2.45) is 0 Å². The Bertz CT molecular complexity index is 8.00. The van der Waals surface area contributed by atoms with E-state index in [0.717, 1.165) is 0 Å². The van der Waals surface area contributed by atoms with Gasteiger partial charge in [-0.15, -0.1) is 0 Å². The predicted molar refractivity (Wildman–Crippen MR) is 15.9 cm³/mol. The molecule has 1 unspecified atom stereocenters. The normalized spacial score (nSPS) is 9.00. The molecule has 0 aliphatic carbocycles. The molecule has 0 amide bonds. The first-order chi connectivity index (χ1) is 1.73. The highest BCUT2D eigenvalue weighted by atomic mass is 19.1. The molecule has 0 aromatic heterocycles. The van der Waals surface area contributed by atoms with E-state index in [1.54, 1.807) is 0 Å². The third-order valence-corrected chi connectivity index (χ3v) is 0. The van der Waals surface area contributed by atoms with Crippen molar-refractivity contribution in [1.82, 2.24) is 0 Å². The first kappa shape index (κ1) is 3.93. The van der Waals surface area contributed by atoms with Gasteiger partial charge < -0.3 is 0 Å². The smallest absolute Gasteiger partial charge is 0.0974 e. The van der Waals surface area contributed by atoms with Gasteiger partial charge in [0.25, 0.3) is 0 Å². The molecule has 4 heavy (non-hydrogen) atoms. The third kappa shape index (κ3) is 341. The Morgan fingerprint density at radius 3 is 2.00 bits per heavy atom. The molecular formula is C3H6F. The molecule has 0 aliphatic rings. The second-order valence-corrected chi connectivity index (χ2v) is 0.781. The van der Waals surface area contributed by atoms with Gasteiger partial charge in [-0.2, -0.15) is 0 Å². The Morgan fingerprint density at radius 1 is 2.00 bits per heavy atom. The van der Waals surface area contributed by atoms with Crippen molar-refractivity contribution in [2.45, 2.75) is 13.1 Å². The zero-order valence-electron chi connectivity index (χ0n) is 2.66. The summed E-state index contributed by atoms with van der Waals surface area (Å²) in [4.78, 5) is 0. The Balaban J connectivity index is 2.32. The lowest BCUT2D eigenvalue weighted by Gasteiger charge is -1.74. The molecule has 0 fully saturated rings. The van der Waals surface area contributed by atoms with E-state index in [2.05, 4.69) is 6.92 Å². The molecule has 0 saturated carbocycles. The van der Waals surface area contributed by atoms with E-state index in [9.17, 15) is 4.39 Å². The highest BCUT2D eigenvalue weighted by Gasteiger charge is 1.74. The van der Waals surface area contributed by atoms with E-state index in [1.165, 1.54) is 6.92 Å². The molecule has 0 rings (SSSR count). The van der Waals surface area contributed by atoms with Crippen LogP contribution in [-0.4, -0.2) is 6.17 Å². The fourth-order valence-electron chi connectivity index (χ4n) is 0. The minimum Gasteiger partial charge on any atom is -0.248 e. The lowest BCUT2D eigenvalue weighted by Crippen LogP contribution is -1.74. The van der Waals surface area contributed by atoms with Gasteiger partial charge in [0.1, 0.15) is 0 Å². The van der Waals surface area contributed by atoms with E-state index in [0.29, 0.717) is 0 Å². The van der Waals surface area contributed by atoms with Crippen LogP contribution in [0.25, 0.3) is 0 Å². The third-order valence-electron chi connectivity index (χ3n) is 0. The maximum atomic E-state index is 10.9. The summed E-state index contributed by atoms with van der Waals surface area (Å²) in [5, 5.41) is 0. The van der Waals surface area contributed by atoms with Gasteiger partial charge in [0, 0.05) is 0 Å². The minimum absolute atomic E-state index is 0.917. The fourth-order valence-corrected chi connectivity index (χ4v) is 0. The average Bonchev–Trinajstić information content (AvgIpc) is 0.811. The molecule has 1 radical (unpaired) electrons. The average molecular weight is 61.1 g/mol. The number of hydrogen-bond acceptors (Lipinski definition) is 0. The topological polar surface area (TPSA) is 0 Å². The number of halogens is 1. The molecule has 0 saturated heterocycles. The van der Waals surface area contributed by atoms with Gasteiger partial charge in [0.15, 0.2) is 0 Å². The molecule has 0 aliphatic heterocycles. The molecular weight excluding hydrogens is 55.0 g/mol. The molecule has 0 aromatic rings. The number of hydrogen-bond donors (Lipinski definition) is 0. The van der Waals surface area contributed by atoms with Crippen LogP contribution in [0.3, 0.4) is 0 Å². The molecule has 1 heteroatoms. The summed E-state index contributed by atoms with van der Waals surface area (Å²) >= 11 is 0. The van der Waals surface area contributed by atoms with Crippen LogP contribution < -0.4 is 0 Å². The number of alkyl halides is 1. The van der Waals surface area contributed by atoms with Crippen molar-refractivity contribution in [1.29, 1.82) is 0 Å². The first-order valence-corrected chi connectivity index (χ1v) is 1.20. The Labute approximate surface area is 25.6 Å². The monoisotopic (exact) mass is 61.0 g/mol. The Hall–Kier alpha value is -0.0700. The molecule has 0 nitrogen and oxygen atoms in total. The second kappa shape index (κ2) is 1.27.